The van der Waals surface area contributed by atoms with Crippen molar-refractivity contribution < 1.29 is 113 Å². The van der Waals surface area contributed by atoms with Crippen LogP contribution in [0.2, 0.25) is 0 Å². The molecule has 358 valence electrons. The maximum atomic E-state index is 10.5. The van der Waals surface area contributed by atoms with Crippen molar-refractivity contribution in [2.45, 2.75) is 79.7 Å². The van der Waals surface area contributed by atoms with Gasteiger partial charge in [-0.1, -0.05) is 0 Å². The molecule has 0 amide bonds. The highest BCUT2D eigenvalue weighted by atomic mass is 16.6. The second kappa shape index (κ2) is 35.4. The number of hydrogen-bond donors (Lipinski definition) is 10. The quantitative estimate of drug-likeness (QED) is 0.0255. The van der Waals surface area contributed by atoms with Crippen LogP contribution in [0.5, 0.6) is 0 Å². The first-order valence-corrected chi connectivity index (χ1v) is 20.3. The molecule has 0 aromatic carbocycles. The van der Waals surface area contributed by atoms with E-state index >= 15 is 0 Å². The number of hydrogen-bond acceptors (Lipinski definition) is 23. The van der Waals surface area contributed by atoms with Crippen LogP contribution in [0.1, 0.15) is 6.42 Å². The summed E-state index contributed by atoms with van der Waals surface area (Å²) < 4.78 is 72.0. The summed E-state index contributed by atoms with van der Waals surface area (Å²) in [6.45, 7) is -0.741. The molecule has 10 N–H and O–H groups in total. The number of aliphatic hydroxyl groups excluding tert-OH is 10. The molecule has 2 aliphatic rings. The maximum absolute atomic E-state index is 10.5. The minimum Gasteiger partial charge on any atom is -0.394 e. The van der Waals surface area contributed by atoms with Crippen molar-refractivity contribution in [2.24, 2.45) is 0 Å². The molecule has 23 nitrogen and oxygen atoms in total. The zero-order valence-corrected chi connectivity index (χ0v) is 34.4. The van der Waals surface area contributed by atoms with Gasteiger partial charge >= 0.3 is 0 Å². The highest BCUT2D eigenvalue weighted by Gasteiger charge is 2.25. The van der Waals surface area contributed by atoms with Gasteiger partial charge < -0.3 is 113 Å². The van der Waals surface area contributed by atoms with Crippen LogP contribution in [-0.4, -0.2) is 283 Å². The maximum Gasteiger partial charge on any atom is 0.104 e. The number of rotatable bonds is 45. The van der Waals surface area contributed by atoms with Crippen LogP contribution in [0.4, 0.5) is 0 Å². The molecule has 2 saturated heterocycles. The van der Waals surface area contributed by atoms with Crippen LogP contribution in [0, 0.1) is 0 Å². The smallest absolute Gasteiger partial charge is 0.104 e. The Hall–Kier alpha value is -0.920. The van der Waals surface area contributed by atoms with E-state index in [1.807, 2.05) is 0 Å². The van der Waals surface area contributed by atoms with Gasteiger partial charge in [0.2, 0.25) is 0 Å². The first-order valence-electron chi connectivity index (χ1n) is 20.3. The molecular formula is C37H72O23. The van der Waals surface area contributed by atoms with Gasteiger partial charge in [0.25, 0.3) is 0 Å². The van der Waals surface area contributed by atoms with Crippen LogP contribution in [0.25, 0.3) is 0 Å². The summed E-state index contributed by atoms with van der Waals surface area (Å²) >= 11 is 0. The first kappa shape index (κ1) is 55.2. The van der Waals surface area contributed by atoms with Gasteiger partial charge in [0, 0.05) is 6.61 Å². The highest BCUT2D eigenvalue weighted by molar-refractivity contribution is 4.70. The number of aliphatic hydroxyl groups is 10. The predicted octanol–water partition coefficient (Wildman–Crippen LogP) is -6.03. The summed E-state index contributed by atoms with van der Waals surface area (Å²) in [6.07, 6.45) is -9.03. The molecule has 0 bridgehead atoms. The first-order chi connectivity index (χ1) is 29.0. The Morgan fingerprint density at radius 1 is 0.350 bits per heavy atom. The van der Waals surface area contributed by atoms with Crippen molar-refractivity contribution in [3.05, 3.63) is 0 Å². The average Bonchev–Trinajstić information content (AvgIpc) is 4.18. The fourth-order valence-electron chi connectivity index (χ4n) is 4.70. The van der Waals surface area contributed by atoms with Gasteiger partial charge in [0.15, 0.2) is 0 Å². The SMILES string of the molecule is OCC(O)COCC(O)COCC(O)COC(COCC(O)CO)COCC(COC(COCC(O)CO)COCC1CO1)OCCC(O)COCC(O)COCC1CO1. The summed E-state index contributed by atoms with van der Waals surface area (Å²) in [5.41, 5.74) is 0. The van der Waals surface area contributed by atoms with Crippen molar-refractivity contribution in [3.63, 3.8) is 0 Å². The van der Waals surface area contributed by atoms with E-state index in [-0.39, 0.29) is 131 Å². The van der Waals surface area contributed by atoms with Crippen molar-refractivity contribution in [2.75, 3.05) is 159 Å². The molecule has 0 saturated carbocycles. The summed E-state index contributed by atoms with van der Waals surface area (Å²) in [5, 5.41) is 96.8. The average molecular weight is 885 g/mol. The van der Waals surface area contributed by atoms with Crippen molar-refractivity contribution >= 4 is 0 Å². The molecule has 0 aromatic heterocycles. The zero-order valence-electron chi connectivity index (χ0n) is 34.4. The molecule has 2 aliphatic heterocycles. The minimum atomic E-state index is -1.13. The van der Waals surface area contributed by atoms with Gasteiger partial charge in [0.05, 0.1) is 158 Å². The van der Waals surface area contributed by atoms with E-state index in [0.717, 1.165) is 0 Å². The van der Waals surface area contributed by atoms with Gasteiger partial charge in [-0.15, -0.1) is 0 Å². The Morgan fingerprint density at radius 2 is 0.650 bits per heavy atom. The molecule has 0 spiro atoms. The minimum absolute atomic E-state index is 0.0131. The van der Waals surface area contributed by atoms with E-state index in [2.05, 4.69) is 0 Å². The molecule has 23 heteroatoms. The molecule has 0 radical (unpaired) electrons. The molecule has 12 atom stereocenters. The predicted molar refractivity (Wildman–Crippen MR) is 203 cm³/mol. The molecule has 2 rings (SSSR count). The fourth-order valence-corrected chi connectivity index (χ4v) is 4.70. The van der Waals surface area contributed by atoms with E-state index in [4.69, 9.17) is 76.9 Å². The Morgan fingerprint density at radius 3 is 1.08 bits per heavy atom. The molecular weight excluding hydrogens is 812 g/mol. The van der Waals surface area contributed by atoms with Gasteiger partial charge in [-0.3, -0.25) is 0 Å². The molecule has 0 aliphatic carbocycles. The Kier molecular flexibility index (Phi) is 32.6. The Balaban J connectivity index is 1.90. The third-order valence-electron chi connectivity index (χ3n) is 8.20. The van der Waals surface area contributed by atoms with E-state index in [9.17, 15) is 35.7 Å². The zero-order chi connectivity index (χ0) is 43.8. The summed E-state index contributed by atoms with van der Waals surface area (Å²) in [4.78, 5) is 0. The molecule has 60 heavy (non-hydrogen) atoms. The van der Waals surface area contributed by atoms with Gasteiger partial charge in [-0.05, 0) is 6.42 Å². The lowest BCUT2D eigenvalue weighted by Crippen LogP contribution is -2.36. The number of ether oxygens (including phenoxy) is 13. The third kappa shape index (κ3) is 31.8. The van der Waals surface area contributed by atoms with Crippen molar-refractivity contribution in [1.29, 1.82) is 0 Å². The molecule has 2 heterocycles. The van der Waals surface area contributed by atoms with Crippen LogP contribution < -0.4 is 0 Å². The molecule has 2 fully saturated rings. The normalized spacial score (nSPS) is 21.5. The lowest BCUT2D eigenvalue weighted by molar-refractivity contribution is -0.133. The van der Waals surface area contributed by atoms with Crippen molar-refractivity contribution in [1.82, 2.24) is 0 Å². The van der Waals surface area contributed by atoms with Gasteiger partial charge in [-0.25, -0.2) is 0 Å². The number of epoxide rings is 2. The second-order valence-electron chi connectivity index (χ2n) is 14.5. The molecule has 0 aromatic rings. The van der Waals surface area contributed by atoms with Crippen molar-refractivity contribution in [3.8, 4) is 0 Å². The van der Waals surface area contributed by atoms with Crippen LogP contribution in [0.3, 0.4) is 0 Å². The van der Waals surface area contributed by atoms with E-state index in [1.165, 1.54) is 0 Å². The Bertz CT molecular complexity index is 969. The van der Waals surface area contributed by atoms with Gasteiger partial charge in [-0.2, -0.15) is 0 Å². The summed E-state index contributed by atoms with van der Waals surface area (Å²) in [5.74, 6) is 0. The topological polar surface area (TPSA) is 329 Å². The largest absolute Gasteiger partial charge is 0.394 e. The molecule has 12 unspecified atom stereocenters. The summed E-state index contributed by atoms with van der Waals surface area (Å²) in [7, 11) is 0. The fraction of sp³-hybridized carbons (Fsp3) is 1.00. The van der Waals surface area contributed by atoms with E-state index in [0.29, 0.717) is 26.4 Å². The van der Waals surface area contributed by atoms with Gasteiger partial charge in [0.1, 0.15) is 67.1 Å². The second-order valence-corrected chi connectivity index (χ2v) is 14.5. The van der Waals surface area contributed by atoms with Crippen LogP contribution >= 0.6 is 0 Å². The third-order valence-corrected chi connectivity index (χ3v) is 8.20. The van der Waals surface area contributed by atoms with Crippen LogP contribution in [-0.2, 0) is 61.6 Å². The lowest BCUT2D eigenvalue weighted by Gasteiger charge is -2.25. The van der Waals surface area contributed by atoms with Crippen LogP contribution in [0.15, 0.2) is 0 Å². The Labute approximate surface area is 350 Å². The lowest BCUT2D eigenvalue weighted by atomic mass is 10.3. The highest BCUT2D eigenvalue weighted by Crippen LogP contribution is 2.11. The van der Waals surface area contributed by atoms with E-state index in [1.54, 1.807) is 0 Å². The summed E-state index contributed by atoms with van der Waals surface area (Å²) in [6, 6.07) is 0. The standard InChI is InChI=1S/C37H72O23/c38-3-27(42)7-49-11-30(45)12-50-14-32(47)15-57-33(16-51-8-28(43)4-39)18-54-20-35(23-58-34(17-52-9-29(44)5-40)19-55-22-37-25-60-37)56-2-1-26(41)6-48-10-31(46)13-53-21-36-24-59-36/h26-47H,1-25H2. The monoisotopic (exact) mass is 884 g/mol. The van der Waals surface area contributed by atoms with E-state index < -0.39 is 80.9 Å².